The number of carbonyl (C=O) groups is 1. The molecule has 0 atom stereocenters. The highest BCUT2D eigenvalue weighted by Gasteiger charge is 2.82. The number of nitrogen functional groups attached to an aromatic ring is 1. The SMILES string of the molecule is Cc1ccc(N)c(C2(C(=O)O)C(C)(C)C2(C)C)c1. The highest BCUT2D eigenvalue weighted by atomic mass is 16.4. The van der Waals surface area contributed by atoms with Gasteiger partial charge in [0.15, 0.2) is 0 Å². The zero-order chi connectivity index (χ0) is 13.9. The first-order chi connectivity index (χ1) is 8.10. The van der Waals surface area contributed by atoms with Gasteiger partial charge in [0, 0.05) is 5.69 Å². The molecule has 1 aliphatic carbocycles. The van der Waals surface area contributed by atoms with Crippen molar-refractivity contribution in [3.63, 3.8) is 0 Å². The predicted octanol–water partition coefficient (Wildman–Crippen LogP) is 2.97. The lowest BCUT2D eigenvalue weighted by atomic mass is 9.84. The molecular weight excluding hydrogens is 226 g/mol. The van der Waals surface area contributed by atoms with E-state index in [1.807, 2.05) is 46.8 Å². The van der Waals surface area contributed by atoms with Crippen molar-refractivity contribution in [1.29, 1.82) is 0 Å². The van der Waals surface area contributed by atoms with Crippen LogP contribution in [0.1, 0.15) is 38.8 Å². The number of aliphatic carboxylic acids is 1. The third-order valence-electron chi connectivity index (χ3n) is 5.31. The van der Waals surface area contributed by atoms with Crippen LogP contribution in [0.3, 0.4) is 0 Å². The average Bonchev–Trinajstić information content (AvgIpc) is 2.58. The number of benzene rings is 1. The highest BCUT2D eigenvalue weighted by molar-refractivity contribution is 5.91. The molecule has 18 heavy (non-hydrogen) atoms. The van der Waals surface area contributed by atoms with Crippen molar-refractivity contribution in [2.45, 2.75) is 40.0 Å². The van der Waals surface area contributed by atoms with Crippen molar-refractivity contribution in [2.24, 2.45) is 10.8 Å². The van der Waals surface area contributed by atoms with Gasteiger partial charge in [0.2, 0.25) is 0 Å². The summed E-state index contributed by atoms with van der Waals surface area (Å²) in [6.45, 7) is 9.97. The van der Waals surface area contributed by atoms with Gasteiger partial charge < -0.3 is 10.8 Å². The number of hydrogen-bond donors (Lipinski definition) is 2. The molecule has 0 radical (unpaired) electrons. The molecule has 1 saturated carbocycles. The van der Waals surface area contributed by atoms with Gasteiger partial charge in [-0.15, -0.1) is 0 Å². The molecule has 0 unspecified atom stereocenters. The van der Waals surface area contributed by atoms with E-state index in [2.05, 4.69) is 0 Å². The molecule has 3 nitrogen and oxygen atoms in total. The van der Waals surface area contributed by atoms with Crippen LogP contribution in [0.5, 0.6) is 0 Å². The first kappa shape index (κ1) is 12.9. The lowest BCUT2D eigenvalue weighted by molar-refractivity contribution is -0.141. The van der Waals surface area contributed by atoms with Gasteiger partial charge >= 0.3 is 5.97 Å². The Labute approximate surface area is 108 Å². The van der Waals surface area contributed by atoms with Gasteiger partial charge in [-0.05, 0) is 29.4 Å². The van der Waals surface area contributed by atoms with Crippen molar-refractivity contribution >= 4 is 11.7 Å². The summed E-state index contributed by atoms with van der Waals surface area (Å²) in [5.41, 5.74) is 6.88. The maximum atomic E-state index is 11.9. The van der Waals surface area contributed by atoms with Gasteiger partial charge in [-0.3, -0.25) is 4.79 Å². The normalized spacial score (nSPS) is 22.5. The van der Waals surface area contributed by atoms with Crippen molar-refractivity contribution < 1.29 is 9.90 Å². The molecule has 98 valence electrons. The van der Waals surface area contributed by atoms with Crippen LogP contribution < -0.4 is 5.73 Å². The predicted molar refractivity (Wildman–Crippen MR) is 72.5 cm³/mol. The standard InChI is InChI=1S/C15H21NO2/c1-9-6-7-11(16)10(8-9)15(12(17)18)13(2,3)14(15,4)5/h6-8H,16H2,1-5H3,(H,17,18). The second-order valence-electron chi connectivity index (χ2n) is 6.40. The molecule has 1 aliphatic rings. The molecule has 3 N–H and O–H groups in total. The number of rotatable bonds is 2. The topological polar surface area (TPSA) is 63.3 Å². The quantitative estimate of drug-likeness (QED) is 0.790. The molecule has 1 aromatic rings. The first-order valence-electron chi connectivity index (χ1n) is 6.20. The molecule has 0 amide bonds. The van der Waals surface area contributed by atoms with Crippen LogP contribution in [0, 0.1) is 17.8 Å². The fourth-order valence-corrected chi connectivity index (χ4v) is 3.63. The number of aryl methyl sites for hydroxylation is 1. The zero-order valence-electron chi connectivity index (χ0n) is 11.7. The van der Waals surface area contributed by atoms with Gasteiger partial charge in [-0.1, -0.05) is 45.4 Å². The van der Waals surface area contributed by atoms with E-state index < -0.39 is 11.4 Å². The summed E-state index contributed by atoms with van der Waals surface area (Å²) in [4.78, 5) is 11.9. The molecule has 1 fully saturated rings. The van der Waals surface area contributed by atoms with Crippen LogP contribution in [0.15, 0.2) is 18.2 Å². The number of carboxylic acids is 1. The minimum Gasteiger partial charge on any atom is -0.481 e. The second-order valence-corrected chi connectivity index (χ2v) is 6.40. The summed E-state index contributed by atoms with van der Waals surface area (Å²) in [5.74, 6) is -0.783. The largest absolute Gasteiger partial charge is 0.481 e. The maximum Gasteiger partial charge on any atom is 0.315 e. The fraction of sp³-hybridized carbons (Fsp3) is 0.533. The Bertz CT molecular complexity index is 515. The van der Waals surface area contributed by atoms with Crippen molar-refractivity contribution in [3.8, 4) is 0 Å². The average molecular weight is 247 g/mol. The van der Waals surface area contributed by atoms with E-state index in [-0.39, 0.29) is 10.8 Å². The summed E-state index contributed by atoms with van der Waals surface area (Å²) in [7, 11) is 0. The van der Waals surface area contributed by atoms with Gasteiger partial charge in [0.1, 0.15) is 5.41 Å². The Hall–Kier alpha value is -1.51. The zero-order valence-corrected chi connectivity index (χ0v) is 11.7. The number of nitrogens with two attached hydrogens (primary N) is 1. The minimum absolute atomic E-state index is 0.312. The monoisotopic (exact) mass is 247 g/mol. The maximum absolute atomic E-state index is 11.9. The van der Waals surface area contributed by atoms with Crippen LogP contribution in [-0.4, -0.2) is 11.1 Å². The van der Waals surface area contributed by atoms with Gasteiger partial charge in [0.25, 0.3) is 0 Å². The molecule has 0 spiro atoms. The van der Waals surface area contributed by atoms with Crippen molar-refractivity contribution in [3.05, 3.63) is 29.3 Å². The molecule has 0 saturated heterocycles. The Kier molecular flexibility index (Phi) is 2.36. The Balaban J connectivity index is 2.74. The summed E-state index contributed by atoms with van der Waals surface area (Å²) in [6.07, 6.45) is 0. The first-order valence-corrected chi connectivity index (χ1v) is 6.20. The van der Waals surface area contributed by atoms with Gasteiger partial charge in [0.05, 0.1) is 0 Å². The molecular formula is C15H21NO2. The minimum atomic E-state index is -0.893. The van der Waals surface area contributed by atoms with E-state index in [1.165, 1.54) is 0 Å². The van der Waals surface area contributed by atoms with E-state index in [0.717, 1.165) is 11.1 Å². The third kappa shape index (κ3) is 1.12. The highest BCUT2D eigenvalue weighted by Crippen LogP contribution is 2.78. The molecule has 0 aliphatic heterocycles. The number of anilines is 1. The fourth-order valence-electron chi connectivity index (χ4n) is 3.63. The smallest absolute Gasteiger partial charge is 0.315 e. The van der Waals surface area contributed by atoms with Crippen LogP contribution in [-0.2, 0) is 10.2 Å². The number of carboxylic acid groups (broad SMARTS) is 1. The van der Waals surface area contributed by atoms with E-state index >= 15 is 0 Å². The molecule has 0 aromatic heterocycles. The van der Waals surface area contributed by atoms with Crippen LogP contribution in [0.25, 0.3) is 0 Å². The summed E-state index contributed by atoms with van der Waals surface area (Å²) in [5, 5.41) is 9.79. The Morgan fingerprint density at radius 2 is 1.67 bits per heavy atom. The molecule has 2 rings (SSSR count). The van der Waals surface area contributed by atoms with E-state index in [9.17, 15) is 9.90 Å². The van der Waals surface area contributed by atoms with Crippen molar-refractivity contribution in [2.75, 3.05) is 5.73 Å². The Morgan fingerprint density at radius 3 is 2.06 bits per heavy atom. The van der Waals surface area contributed by atoms with Crippen LogP contribution in [0.4, 0.5) is 5.69 Å². The van der Waals surface area contributed by atoms with Crippen molar-refractivity contribution in [1.82, 2.24) is 0 Å². The van der Waals surface area contributed by atoms with E-state index in [1.54, 1.807) is 6.07 Å². The van der Waals surface area contributed by atoms with Gasteiger partial charge in [-0.25, -0.2) is 0 Å². The van der Waals surface area contributed by atoms with Gasteiger partial charge in [-0.2, -0.15) is 0 Å². The Morgan fingerprint density at radius 1 is 1.17 bits per heavy atom. The summed E-state index contributed by atoms with van der Waals surface area (Å²) < 4.78 is 0. The van der Waals surface area contributed by atoms with Crippen LogP contribution in [0.2, 0.25) is 0 Å². The molecule has 3 heteroatoms. The summed E-state index contributed by atoms with van der Waals surface area (Å²) in [6, 6.07) is 5.64. The third-order valence-corrected chi connectivity index (χ3v) is 5.31. The summed E-state index contributed by atoms with van der Waals surface area (Å²) >= 11 is 0. The number of hydrogen-bond acceptors (Lipinski definition) is 2. The van der Waals surface area contributed by atoms with E-state index in [4.69, 9.17) is 5.73 Å². The lowest BCUT2D eigenvalue weighted by Gasteiger charge is -2.20. The van der Waals surface area contributed by atoms with E-state index in [0.29, 0.717) is 5.69 Å². The molecule has 0 bridgehead atoms. The lowest BCUT2D eigenvalue weighted by Crippen LogP contribution is -2.29. The molecule has 1 aromatic carbocycles. The second kappa shape index (κ2) is 3.28. The van der Waals surface area contributed by atoms with Crippen LogP contribution >= 0.6 is 0 Å². The molecule has 0 heterocycles.